The molecule has 2 rings (SSSR count). The first-order chi connectivity index (χ1) is 8.35. The molecule has 5 heteroatoms. The summed E-state index contributed by atoms with van der Waals surface area (Å²) in [5.74, 6) is 0. The summed E-state index contributed by atoms with van der Waals surface area (Å²) >= 11 is 5.22. The van der Waals surface area contributed by atoms with E-state index < -0.39 is 5.60 Å². The van der Waals surface area contributed by atoms with Gasteiger partial charge >= 0.3 is 6.09 Å². The normalized spacial score (nSPS) is 16.1. The summed E-state index contributed by atoms with van der Waals surface area (Å²) in [6.45, 7) is 7.14. The van der Waals surface area contributed by atoms with Gasteiger partial charge in [-0.25, -0.2) is 4.79 Å². The van der Waals surface area contributed by atoms with Crippen LogP contribution in [0.2, 0.25) is 0 Å². The predicted octanol–water partition coefficient (Wildman–Crippen LogP) is 4.19. The fourth-order valence-corrected chi connectivity index (χ4v) is 3.78. The molecule has 1 aromatic heterocycles. The first kappa shape index (κ1) is 13.9. The summed E-state index contributed by atoms with van der Waals surface area (Å²) in [5.41, 5.74) is 0.931. The lowest BCUT2D eigenvalue weighted by molar-refractivity contribution is 0.0238. The Morgan fingerprint density at radius 3 is 2.89 bits per heavy atom. The van der Waals surface area contributed by atoms with Crippen LogP contribution in [0.4, 0.5) is 4.79 Å². The number of nitrogens with zero attached hydrogens (tertiary/aromatic N) is 1. The highest BCUT2D eigenvalue weighted by Crippen LogP contribution is 2.31. The van der Waals surface area contributed by atoms with Crippen molar-refractivity contribution >= 4 is 33.4 Å². The highest BCUT2D eigenvalue weighted by atomic mass is 79.9. The van der Waals surface area contributed by atoms with E-state index in [0.29, 0.717) is 6.54 Å². The zero-order valence-corrected chi connectivity index (χ0v) is 13.4. The maximum Gasteiger partial charge on any atom is 0.410 e. The molecular weight excluding hydrogens is 314 g/mol. The third-order valence-electron chi connectivity index (χ3n) is 2.73. The van der Waals surface area contributed by atoms with Gasteiger partial charge in [0.15, 0.2) is 0 Å². The molecule has 0 N–H and O–H groups in total. The molecular formula is C13H18BrNO2S. The minimum atomic E-state index is -0.428. The van der Waals surface area contributed by atoms with Crippen molar-refractivity contribution in [3.63, 3.8) is 0 Å². The molecule has 0 bridgehead atoms. The molecule has 1 aliphatic rings. The minimum Gasteiger partial charge on any atom is -0.444 e. The Balaban J connectivity index is 2.09. The van der Waals surface area contributed by atoms with Crippen LogP contribution in [-0.2, 0) is 17.7 Å². The molecule has 100 valence electrons. The number of halogens is 1. The van der Waals surface area contributed by atoms with Crippen molar-refractivity contribution in [3.8, 4) is 0 Å². The van der Waals surface area contributed by atoms with Crippen LogP contribution in [-0.4, -0.2) is 23.1 Å². The maximum atomic E-state index is 12.1. The number of aryl methyl sites for hydroxylation is 1. The summed E-state index contributed by atoms with van der Waals surface area (Å²) in [6, 6.07) is 2.17. The second-order valence-electron chi connectivity index (χ2n) is 5.50. The first-order valence-electron chi connectivity index (χ1n) is 6.10. The van der Waals surface area contributed by atoms with Crippen molar-refractivity contribution in [2.24, 2.45) is 0 Å². The highest BCUT2D eigenvalue weighted by Gasteiger charge is 2.25. The van der Waals surface area contributed by atoms with Crippen molar-refractivity contribution in [2.75, 3.05) is 6.54 Å². The van der Waals surface area contributed by atoms with Crippen molar-refractivity contribution in [2.45, 2.75) is 45.8 Å². The Morgan fingerprint density at radius 1 is 1.50 bits per heavy atom. The summed E-state index contributed by atoms with van der Waals surface area (Å²) in [7, 11) is 0. The lowest BCUT2D eigenvalue weighted by Crippen LogP contribution is -2.36. The van der Waals surface area contributed by atoms with Crippen LogP contribution >= 0.6 is 27.3 Å². The topological polar surface area (TPSA) is 29.5 Å². The molecule has 0 radical (unpaired) electrons. The third-order valence-corrected chi connectivity index (χ3v) is 4.39. The van der Waals surface area contributed by atoms with E-state index in [2.05, 4.69) is 22.0 Å². The predicted molar refractivity (Wildman–Crippen MR) is 77.0 cm³/mol. The molecule has 3 nitrogen and oxygen atoms in total. The largest absolute Gasteiger partial charge is 0.444 e. The van der Waals surface area contributed by atoms with Crippen LogP contribution in [0.1, 0.15) is 37.6 Å². The van der Waals surface area contributed by atoms with E-state index in [0.717, 1.165) is 23.2 Å². The lowest BCUT2D eigenvalue weighted by Gasteiger charge is -2.26. The molecule has 0 fully saturated rings. The third kappa shape index (κ3) is 3.48. The van der Waals surface area contributed by atoms with E-state index in [4.69, 9.17) is 4.74 Å². The Kier molecular flexibility index (Phi) is 4.02. The van der Waals surface area contributed by atoms with Crippen LogP contribution in [0, 0.1) is 0 Å². The zero-order valence-electron chi connectivity index (χ0n) is 11.0. The van der Waals surface area contributed by atoms with E-state index in [-0.39, 0.29) is 6.09 Å². The molecule has 0 saturated carbocycles. The Morgan fingerprint density at radius 2 is 2.22 bits per heavy atom. The zero-order chi connectivity index (χ0) is 13.3. The Bertz CT molecular complexity index is 450. The summed E-state index contributed by atoms with van der Waals surface area (Å²) in [4.78, 5) is 15.2. The summed E-state index contributed by atoms with van der Waals surface area (Å²) < 4.78 is 6.57. The average molecular weight is 332 g/mol. The van der Waals surface area contributed by atoms with E-state index in [1.54, 1.807) is 16.2 Å². The maximum absolute atomic E-state index is 12.1. The molecule has 0 unspecified atom stereocenters. The molecule has 1 amide bonds. The van der Waals surface area contributed by atoms with Crippen molar-refractivity contribution < 1.29 is 9.53 Å². The van der Waals surface area contributed by atoms with Gasteiger partial charge < -0.3 is 9.64 Å². The van der Waals surface area contributed by atoms with E-state index in [9.17, 15) is 4.79 Å². The Labute approximate surface area is 120 Å². The van der Waals surface area contributed by atoms with Crippen molar-refractivity contribution in [1.29, 1.82) is 0 Å². The van der Waals surface area contributed by atoms with Gasteiger partial charge in [-0.15, -0.1) is 11.3 Å². The van der Waals surface area contributed by atoms with Crippen LogP contribution in [0.5, 0.6) is 0 Å². The molecule has 18 heavy (non-hydrogen) atoms. The molecule has 2 heterocycles. The lowest BCUT2D eigenvalue weighted by atomic mass is 10.2. The number of fused-ring (bicyclic) bond motifs is 1. The number of thiophene rings is 1. The van der Waals surface area contributed by atoms with E-state index in [1.807, 2.05) is 20.8 Å². The molecule has 0 aliphatic carbocycles. The van der Waals surface area contributed by atoms with Crippen LogP contribution in [0.3, 0.4) is 0 Å². The van der Waals surface area contributed by atoms with Crippen molar-refractivity contribution in [1.82, 2.24) is 4.90 Å². The van der Waals surface area contributed by atoms with Gasteiger partial charge in [0, 0.05) is 11.4 Å². The van der Waals surface area contributed by atoms with Gasteiger partial charge in [-0.3, -0.25) is 0 Å². The number of ether oxygens (including phenoxy) is 1. The number of carbonyl (C=O) groups is 1. The number of hydrogen-bond acceptors (Lipinski definition) is 3. The van der Waals surface area contributed by atoms with Gasteiger partial charge in [-0.1, -0.05) is 0 Å². The second kappa shape index (κ2) is 5.21. The summed E-state index contributed by atoms with van der Waals surface area (Å²) in [5, 5.41) is 0. The monoisotopic (exact) mass is 331 g/mol. The average Bonchev–Trinajstić information content (AvgIpc) is 2.43. The molecule has 0 atom stereocenters. The molecule has 0 spiro atoms. The SMILES string of the molecule is CC(C)(C)OC(=O)N1CCCc2cc(Br)sc2C1. The molecule has 1 aromatic rings. The number of amides is 1. The summed E-state index contributed by atoms with van der Waals surface area (Å²) in [6.07, 6.45) is 1.83. The first-order valence-corrected chi connectivity index (χ1v) is 7.71. The Hall–Kier alpha value is -0.550. The second-order valence-corrected chi connectivity index (χ2v) is 8.02. The number of rotatable bonds is 0. The fraction of sp³-hybridized carbons (Fsp3) is 0.615. The molecule has 1 aliphatic heterocycles. The number of hydrogen-bond donors (Lipinski definition) is 0. The van der Waals surface area contributed by atoms with E-state index >= 15 is 0 Å². The molecule has 0 saturated heterocycles. The fourth-order valence-electron chi connectivity index (χ4n) is 1.97. The van der Waals surface area contributed by atoms with Gasteiger partial charge in [-0.2, -0.15) is 0 Å². The van der Waals surface area contributed by atoms with Gasteiger partial charge in [0.1, 0.15) is 5.60 Å². The molecule has 0 aromatic carbocycles. The smallest absolute Gasteiger partial charge is 0.410 e. The van der Waals surface area contributed by atoms with Gasteiger partial charge in [0.05, 0.1) is 10.3 Å². The van der Waals surface area contributed by atoms with Gasteiger partial charge in [-0.05, 0) is 61.2 Å². The van der Waals surface area contributed by atoms with Crippen LogP contribution < -0.4 is 0 Å². The van der Waals surface area contributed by atoms with Crippen LogP contribution in [0.15, 0.2) is 9.85 Å². The standard InChI is InChI=1S/C13H18BrNO2S/c1-13(2,3)17-12(16)15-6-4-5-9-7-11(14)18-10(9)8-15/h7H,4-6,8H2,1-3H3. The van der Waals surface area contributed by atoms with Gasteiger partial charge in [0.2, 0.25) is 0 Å². The highest BCUT2D eigenvalue weighted by molar-refractivity contribution is 9.11. The van der Waals surface area contributed by atoms with Gasteiger partial charge in [0.25, 0.3) is 0 Å². The van der Waals surface area contributed by atoms with Crippen LogP contribution in [0.25, 0.3) is 0 Å². The minimum absolute atomic E-state index is 0.208. The quantitative estimate of drug-likeness (QED) is 0.713. The number of carbonyl (C=O) groups excluding carboxylic acids is 1. The van der Waals surface area contributed by atoms with Crippen molar-refractivity contribution in [3.05, 3.63) is 20.3 Å². The van der Waals surface area contributed by atoms with E-state index in [1.165, 1.54) is 10.4 Å².